The van der Waals surface area contributed by atoms with Crippen molar-refractivity contribution in [2.45, 2.75) is 43.4 Å². The molecule has 2 aliphatic rings. The molecule has 0 spiro atoms. The normalized spacial score (nSPS) is 42.6. The summed E-state index contributed by atoms with van der Waals surface area (Å²) in [6.45, 7) is 2.26. The van der Waals surface area contributed by atoms with Crippen molar-refractivity contribution in [2.24, 2.45) is 5.73 Å². The van der Waals surface area contributed by atoms with Gasteiger partial charge in [0.1, 0.15) is 0 Å². The fraction of sp³-hybridized carbons (Fsp3) is 1.00. The molecule has 0 bridgehead atoms. The SMILES string of the molecule is COC1CCN(C2CCC(N)(CO)C2)C1. The van der Waals surface area contributed by atoms with Crippen LogP contribution >= 0.6 is 0 Å². The van der Waals surface area contributed by atoms with E-state index in [1.165, 1.54) is 0 Å². The van der Waals surface area contributed by atoms with Crippen LogP contribution in [0.1, 0.15) is 25.7 Å². The van der Waals surface area contributed by atoms with Gasteiger partial charge in [0.2, 0.25) is 0 Å². The number of likely N-dealkylation sites (tertiary alicyclic amines) is 1. The summed E-state index contributed by atoms with van der Waals surface area (Å²) in [6.07, 6.45) is 4.52. The quantitative estimate of drug-likeness (QED) is 0.691. The lowest BCUT2D eigenvalue weighted by molar-refractivity contribution is 0.0996. The fourth-order valence-electron chi connectivity index (χ4n) is 2.86. The molecule has 1 saturated heterocycles. The summed E-state index contributed by atoms with van der Waals surface area (Å²) in [7, 11) is 1.78. The molecule has 1 aliphatic heterocycles. The summed E-state index contributed by atoms with van der Waals surface area (Å²) in [5.74, 6) is 0. The number of rotatable bonds is 3. The minimum Gasteiger partial charge on any atom is -0.394 e. The third-order valence-corrected chi connectivity index (χ3v) is 3.96. The first-order valence-electron chi connectivity index (χ1n) is 5.83. The molecule has 4 heteroatoms. The summed E-state index contributed by atoms with van der Waals surface area (Å²) in [6, 6.07) is 0.558. The van der Waals surface area contributed by atoms with Crippen molar-refractivity contribution in [3.8, 4) is 0 Å². The summed E-state index contributed by atoms with van der Waals surface area (Å²) >= 11 is 0. The van der Waals surface area contributed by atoms with Crippen LogP contribution in [-0.4, -0.2) is 54.5 Å². The van der Waals surface area contributed by atoms with Gasteiger partial charge in [0.25, 0.3) is 0 Å². The lowest BCUT2D eigenvalue weighted by atomic mass is 10.0. The van der Waals surface area contributed by atoms with Crippen molar-refractivity contribution in [1.82, 2.24) is 4.90 Å². The van der Waals surface area contributed by atoms with E-state index in [1.54, 1.807) is 7.11 Å². The zero-order chi connectivity index (χ0) is 10.9. The molecule has 15 heavy (non-hydrogen) atoms. The maximum atomic E-state index is 9.22. The van der Waals surface area contributed by atoms with Gasteiger partial charge < -0.3 is 15.6 Å². The highest BCUT2D eigenvalue weighted by Crippen LogP contribution is 2.32. The second-order valence-corrected chi connectivity index (χ2v) is 5.06. The predicted octanol–water partition coefficient (Wildman–Crippen LogP) is -0.0506. The minimum atomic E-state index is -0.324. The van der Waals surface area contributed by atoms with Gasteiger partial charge in [-0.05, 0) is 25.7 Å². The van der Waals surface area contributed by atoms with Crippen molar-refractivity contribution in [2.75, 3.05) is 26.8 Å². The number of aliphatic hydroxyl groups is 1. The van der Waals surface area contributed by atoms with Gasteiger partial charge in [-0.25, -0.2) is 0 Å². The lowest BCUT2D eigenvalue weighted by Crippen LogP contribution is -2.43. The molecule has 0 amide bonds. The van der Waals surface area contributed by atoms with Gasteiger partial charge in [-0.1, -0.05) is 0 Å². The van der Waals surface area contributed by atoms with Gasteiger partial charge in [-0.2, -0.15) is 0 Å². The molecule has 0 radical (unpaired) electrons. The Labute approximate surface area is 91.4 Å². The summed E-state index contributed by atoms with van der Waals surface area (Å²) in [4.78, 5) is 2.47. The van der Waals surface area contributed by atoms with Gasteiger partial charge in [0, 0.05) is 31.8 Å². The molecule has 0 aromatic rings. The van der Waals surface area contributed by atoms with Gasteiger partial charge in [0.15, 0.2) is 0 Å². The van der Waals surface area contributed by atoms with Crippen molar-refractivity contribution in [3.63, 3.8) is 0 Å². The minimum absolute atomic E-state index is 0.116. The summed E-state index contributed by atoms with van der Waals surface area (Å²) in [5, 5.41) is 9.22. The van der Waals surface area contributed by atoms with Crippen molar-refractivity contribution in [1.29, 1.82) is 0 Å². The molecular weight excluding hydrogens is 192 g/mol. The Morgan fingerprint density at radius 2 is 2.33 bits per heavy atom. The van der Waals surface area contributed by atoms with Crippen LogP contribution in [0.25, 0.3) is 0 Å². The number of methoxy groups -OCH3 is 1. The highest BCUT2D eigenvalue weighted by atomic mass is 16.5. The third kappa shape index (κ3) is 2.33. The van der Waals surface area contributed by atoms with Crippen LogP contribution in [0, 0.1) is 0 Å². The number of hydrogen-bond acceptors (Lipinski definition) is 4. The molecular formula is C11H22N2O2. The van der Waals surface area contributed by atoms with E-state index in [1.807, 2.05) is 0 Å². The van der Waals surface area contributed by atoms with E-state index in [4.69, 9.17) is 10.5 Å². The number of hydrogen-bond donors (Lipinski definition) is 2. The van der Waals surface area contributed by atoms with Gasteiger partial charge in [-0.15, -0.1) is 0 Å². The topological polar surface area (TPSA) is 58.7 Å². The molecule has 0 aromatic carbocycles. The first-order valence-corrected chi connectivity index (χ1v) is 5.83. The van der Waals surface area contributed by atoms with E-state index >= 15 is 0 Å². The van der Waals surface area contributed by atoms with E-state index in [2.05, 4.69) is 4.90 Å². The predicted molar refractivity (Wildman–Crippen MR) is 58.6 cm³/mol. The Balaban J connectivity index is 1.86. The van der Waals surface area contributed by atoms with Crippen molar-refractivity contribution >= 4 is 0 Å². The molecule has 3 atom stereocenters. The Hall–Kier alpha value is -0.160. The van der Waals surface area contributed by atoms with E-state index in [-0.39, 0.29) is 12.1 Å². The highest BCUT2D eigenvalue weighted by Gasteiger charge is 2.39. The van der Waals surface area contributed by atoms with E-state index in [0.29, 0.717) is 12.1 Å². The zero-order valence-corrected chi connectivity index (χ0v) is 9.48. The molecule has 4 nitrogen and oxygen atoms in total. The second kappa shape index (κ2) is 4.37. The molecule has 2 rings (SSSR count). The van der Waals surface area contributed by atoms with Gasteiger partial charge in [0.05, 0.1) is 12.7 Å². The first-order chi connectivity index (χ1) is 7.17. The van der Waals surface area contributed by atoms with Crippen LogP contribution in [0.2, 0.25) is 0 Å². The highest BCUT2D eigenvalue weighted by molar-refractivity contribution is 4.98. The monoisotopic (exact) mass is 214 g/mol. The second-order valence-electron chi connectivity index (χ2n) is 5.06. The van der Waals surface area contributed by atoms with Crippen LogP contribution < -0.4 is 5.73 Å². The van der Waals surface area contributed by atoms with Crippen LogP contribution in [0.4, 0.5) is 0 Å². The molecule has 2 fully saturated rings. The van der Waals surface area contributed by atoms with Gasteiger partial charge in [-0.3, -0.25) is 4.90 Å². The molecule has 1 aliphatic carbocycles. The van der Waals surface area contributed by atoms with Crippen LogP contribution in [0.5, 0.6) is 0 Å². The van der Waals surface area contributed by atoms with E-state index in [9.17, 15) is 5.11 Å². The van der Waals surface area contributed by atoms with E-state index < -0.39 is 0 Å². The third-order valence-electron chi connectivity index (χ3n) is 3.96. The standard InChI is InChI=1S/C11H22N2O2/c1-15-10-3-5-13(7-10)9-2-4-11(12,6-9)8-14/h9-10,14H,2-8,12H2,1H3. The van der Waals surface area contributed by atoms with Crippen molar-refractivity contribution < 1.29 is 9.84 Å². The summed E-state index contributed by atoms with van der Waals surface area (Å²) < 4.78 is 5.36. The van der Waals surface area contributed by atoms with Crippen LogP contribution in [-0.2, 0) is 4.74 Å². The lowest BCUT2D eigenvalue weighted by Gasteiger charge is -2.26. The maximum Gasteiger partial charge on any atom is 0.0710 e. The molecule has 88 valence electrons. The molecule has 3 N–H and O–H groups in total. The molecule has 0 aromatic heterocycles. The Bertz CT molecular complexity index is 225. The van der Waals surface area contributed by atoms with Crippen LogP contribution in [0.15, 0.2) is 0 Å². The van der Waals surface area contributed by atoms with E-state index in [0.717, 1.165) is 38.8 Å². The zero-order valence-electron chi connectivity index (χ0n) is 9.48. The largest absolute Gasteiger partial charge is 0.394 e. The van der Waals surface area contributed by atoms with Crippen molar-refractivity contribution in [3.05, 3.63) is 0 Å². The average molecular weight is 214 g/mol. The number of ether oxygens (including phenoxy) is 1. The Morgan fingerprint density at radius 1 is 1.53 bits per heavy atom. The Kier molecular flexibility index (Phi) is 3.30. The average Bonchev–Trinajstić information content (AvgIpc) is 2.84. The van der Waals surface area contributed by atoms with Gasteiger partial charge >= 0.3 is 0 Å². The van der Waals surface area contributed by atoms with Crippen LogP contribution in [0.3, 0.4) is 0 Å². The molecule has 1 heterocycles. The number of nitrogens with zero attached hydrogens (tertiary/aromatic N) is 1. The first kappa shape index (κ1) is 11.3. The molecule has 3 unspecified atom stereocenters. The summed E-state index contributed by atoms with van der Waals surface area (Å²) in [5.41, 5.74) is 5.75. The number of nitrogens with two attached hydrogens (primary N) is 1. The smallest absolute Gasteiger partial charge is 0.0710 e. The fourth-order valence-corrected chi connectivity index (χ4v) is 2.86. The Morgan fingerprint density at radius 3 is 2.87 bits per heavy atom. The number of aliphatic hydroxyl groups excluding tert-OH is 1. The maximum absolute atomic E-state index is 9.22. The molecule has 1 saturated carbocycles.